The molecule has 2 fully saturated rings. The Morgan fingerprint density at radius 1 is 1.26 bits per heavy atom. The van der Waals surface area contributed by atoms with Crippen LogP contribution in [0.4, 0.5) is 0 Å². The molecule has 5 nitrogen and oxygen atoms in total. The number of hydrogen-bond donors (Lipinski definition) is 0. The number of amides is 1. The lowest BCUT2D eigenvalue weighted by molar-refractivity contribution is -0.140. The van der Waals surface area contributed by atoms with E-state index in [2.05, 4.69) is 11.8 Å². The Morgan fingerprint density at radius 2 is 1.89 bits per heavy atom. The molecule has 1 atom stereocenters. The lowest BCUT2D eigenvalue weighted by Crippen LogP contribution is -2.53. The van der Waals surface area contributed by atoms with Crippen LogP contribution in [0.5, 0.6) is 0 Å². The maximum atomic E-state index is 12.4. The van der Waals surface area contributed by atoms with E-state index in [4.69, 9.17) is 9.47 Å². The highest BCUT2D eigenvalue weighted by Gasteiger charge is 2.29. The second-order valence-electron chi connectivity index (χ2n) is 5.55. The molecule has 0 aromatic heterocycles. The number of ether oxygens (including phenoxy) is 2. The zero-order valence-corrected chi connectivity index (χ0v) is 12.1. The lowest BCUT2D eigenvalue weighted by atomic mass is 9.98. The first-order valence-corrected chi connectivity index (χ1v) is 7.32. The molecule has 0 spiro atoms. The third-order valence-corrected chi connectivity index (χ3v) is 4.23. The van der Waals surface area contributed by atoms with Gasteiger partial charge in [-0.2, -0.15) is 0 Å². The Bertz CT molecular complexity index is 284. The molecule has 2 aliphatic heterocycles. The first-order chi connectivity index (χ1) is 9.22. The molecule has 5 heteroatoms. The molecule has 0 bridgehead atoms. The van der Waals surface area contributed by atoms with Crippen molar-refractivity contribution >= 4 is 5.91 Å². The molecule has 0 radical (unpaired) electrons. The fourth-order valence-electron chi connectivity index (χ4n) is 2.93. The van der Waals surface area contributed by atoms with Crippen LogP contribution in [0.1, 0.15) is 19.8 Å². The van der Waals surface area contributed by atoms with Gasteiger partial charge in [0.1, 0.15) is 0 Å². The Balaban J connectivity index is 1.77. The van der Waals surface area contributed by atoms with Gasteiger partial charge in [0, 0.05) is 58.5 Å². The number of piperazine rings is 1. The minimum absolute atomic E-state index is 0.191. The van der Waals surface area contributed by atoms with Crippen LogP contribution >= 0.6 is 0 Å². The molecule has 0 aromatic rings. The van der Waals surface area contributed by atoms with E-state index in [1.165, 1.54) is 0 Å². The molecule has 0 aliphatic carbocycles. The van der Waals surface area contributed by atoms with Gasteiger partial charge >= 0.3 is 0 Å². The smallest absolute Gasteiger partial charge is 0.225 e. The third kappa shape index (κ3) is 3.91. The topological polar surface area (TPSA) is 42.0 Å². The predicted octanol–water partition coefficient (Wildman–Crippen LogP) is 0.592. The van der Waals surface area contributed by atoms with Crippen LogP contribution in [-0.2, 0) is 14.3 Å². The average molecular weight is 270 g/mol. The van der Waals surface area contributed by atoms with E-state index in [9.17, 15) is 4.79 Å². The number of hydrogen-bond acceptors (Lipinski definition) is 4. The van der Waals surface area contributed by atoms with Gasteiger partial charge in [-0.05, 0) is 19.8 Å². The van der Waals surface area contributed by atoms with E-state index in [0.29, 0.717) is 11.9 Å². The van der Waals surface area contributed by atoms with Crippen molar-refractivity contribution in [3.8, 4) is 0 Å². The van der Waals surface area contributed by atoms with Gasteiger partial charge in [0.15, 0.2) is 0 Å². The second kappa shape index (κ2) is 7.22. The highest BCUT2D eigenvalue weighted by atomic mass is 16.5. The monoisotopic (exact) mass is 270 g/mol. The van der Waals surface area contributed by atoms with Crippen molar-refractivity contribution in [1.29, 1.82) is 0 Å². The van der Waals surface area contributed by atoms with Gasteiger partial charge in [0.05, 0.1) is 6.61 Å². The van der Waals surface area contributed by atoms with Gasteiger partial charge in [-0.3, -0.25) is 9.69 Å². The summed E-state index contributed by atoms with van der Waals surface area (Å²) in [6, 6.07) is 0.435. The first-order valence-electron chi connectivity index (χ1n) is 7.32. The lowest BCUT2D eigenvalue weighted by Gasteiger charge is -2.39. The van der Waals surface area contributed by atoms with Crippen molar-refractivity contribution in [2.75, 3.05) is 53.1 Å². The zero-order chi connectivity index (χ0) is 13.7. The van der Waals surface area contributed by atoms with Gasteiger partial charge in [-0.25, -0.2) is 0 Å². The van der Waals surface area contributed by atoms with E-state index in [1.54, 1.807) is 7.11 Å². The predicted molar refractivity (Wildman–Crippen MR) is 73.0 cm³/mol. The SMILES string of the molecule is COCC(C)N1CCN(C(=O)C2CCOCC2)CC1. The fourth-order valence-corrected chi connectivity index (χ4v) is 2.93. The van der Waals surface area contributed by atoms with Crippen LogP contribution < -0.4 is 0 Å². The molecular weight excluding hydrogens is 244 g/mol. The molecule has 0 saturated carbocycles. The van der Waals surface area contributed by atoms with E-state index >= 15 is 0 Å². The molecular formula is C14H26N2O3. The minimum Gasteiger partial charge on any atom is -0.383 e. The molecule has 2 saturated heterocycles. The summed E-state index contributed by atoms with van der Waals surface area (Å²) in [5.41, 5.74) is 0. The standard InChI is InChI=1S/C14H26N2O3/c1-12(11-18-2)15-5-7-16(8-6-15)14(17)13-3-9-19-10-4-13/h12-13H,3-11H2,1-2H3. The van der Waals surface area contributed by atoms with Gasteiger partial charge in [0.2, 0.25) is 5.91 Å². The fraction of sp³-hybridized carbons (Fsp3) is 0.929. The van der Waals surface area contributed by atoms with E-state index < -0.39 is 0 Å². The summed E-state index contributed by atoms with van der Waals surface area (Å²) >= 11 is 0. The molecule has 2 aliphatic rings. The van der Waals surface area contributed by atoms with Crippen LogP contribution in [0, 0.1) is 5.92 Å². The van der Waals surface area contributed by atoms with Gasteiger partial charge < -0.3 is 14.4 Å². The Kier molecular flexibility index (Phi) is 5.60. The van der Waals surface area contributed by atoms with Crippen LogP contribution in [0.25, 0.3) is 0 Å². The van der Waals surface area contributed by atoms with Crippen LogP contribution in [-0.4, -0.2) is 74.9 Å². The van der Waals surface area contributed by atoms with Gasteiger partial charge in [-0.15, -0.1) is 0 Å². The summed E-state index contributed by atoms with van der Waals surface area (Å²) in [5.74, 6) is 0.527. The van der Waals surface area contributed by atoms with Crippen molar-refractivity contribution in [1.82, 2.24) is 9.80 Å². The van der Waals surface area contributed by atoms with Crippen molar-refractivity contribution in [2.24, 2.45) is 5.92 Å². The Labute approximate surface area is 115 Å². The first kappa shape index (κ1) is 14.8. The summed E-state index contributed by atoms with van der Waals surface area (Å²) in [6.07, 6.45) is 1.78. The van der Waals surface area contributed by atoms with E-state index in [0.717, 1.165) is 58.8 Å². The molecule has 2 heterocycles. The number of carbonyl (C=O) groups excluding carboxylic acids is 1. The Hall–Kier alpha value is -0.650. The maximum absolute atomic E-state index is 12.4. The molecule has 110 valence electrons. The molecule has 1 unspecified atom stereocenters. The average Bonchev–Trinajstić information content (AvgIpc) is 2.48. The number of nitrogens with zero attached hydrogens (tertiary/aromatic N) is 2. The summed E-state index contributed by atoms with van der Waals surface area (Å²) in [6.45, 7) is 8.03. The number of rotatable bonds is 4. The van der Waals surface area contributed by atoms with E-state index in [-0.39, 0.29) is 5.92 Å². The number of methoxy groups -OCH3 is 1. The third-order valence-electron chi connectivity index (χ3n) is 4.23. The largest absolute Gasteiger partial charge is 0.383 e. The summed E-state index contributed by atoms with van der Waals surface area (Å²) in [4.78, 5) is 16.8. The van der Waals surface area contributed by atoms with Crippen molar-refractivity contribution in [2.45, 2.75) is 25.8 Å². The van der Waals surface area contributed by atoms with Crippen LogP contribution in [0.15, 0.2) is 0 Å². The quantitative estimate of drug-likeness (QED) is 0.750. The Morgan fingerprint density at radius 3 is 2.47 bits per heavy atom. The van der Waals surface area contributed by atoms with E-state index in [1.807, 2.05) is 4.90 Å². The van der Waals surface area contributed by atoms with Gasteiger partial charge in [-0.1, -0.05) is 0 Å². The highest BCUT2D eigenvalue weighted by molar-refractivity contribution is 5.79. The molecule has 2 rings (SSSR count). The minimum atomic E-state index is 0.191. The normalized spacial score (nSPS) is 24.4. The molecule has 19 heavy (non-hydrogen) atoms. The number of carbonyl (C=O) groups is 1. The summed E-state index contributed by atoms with van der Waals surface area (Å²) in [5, 5.41) is 0. The van der Waals surface area contributed by atoms with Crippen LogP contribution in [0.3, 0.4) is 0 Å². The summed E-state index contributed by atoms with van der Waals surface area (Å²) in [7, 11) is 1.74. The zero-order valence-electron chi connectivity index (χ0n) is 12.1. The molecule has 1 amide bonds. The molecule has 0 N–H and O–H groups in total. The van der Waals surface area contributed by atoms with Crippen LogP contribution in [0.2, 0.25) is 0 Å². The van der Waals surface area contributed by atoms with Crippen molar-refractivity contribution < 1.29 is 14.3 Å². The summed E-state index contributed by atoms with van der Waals surface area (Å²) < 4.78 is 10.5. The molecule has 0 aromatic carbocycles. The second-order valence-corrected chi connectivity index (χ2v) is 5.55. The maximum Gasteiger partial charge on any atom is 0.225 e. The van der Waals surface area contributed by atoms with Crippen molar-refractivity contribution in [3.63, 3.8) is 0 Å². The van der Waals surface area contributed by atoms with Crippen molar-refractivity contribution in [3.05, 3.63) is 0 Å². The van der Waals surface area contributed by atoms with Gasteiger partial charge in [0.25, 0.3) is 0 Å². The highest BCUT2D eigenvalue weighted by Crippen LogP contribution is 2.19.